The molecule has 2 unspecified atom stereocenters. The van der Waals surface area contributed by atoms with Crippen molar-refractivity contribution in [2.75, 3.05) is 33.2 Å². The maximum absolute atomic E-state index is 13.0. The molecule has 2 atom stereocenters. The molecule has 0 spiro atoms. The van der Waals surface area contributed by atoms with Gasteiger partial charge in [0.05, 0.1) is 25.7 Å². The molecule has 1 saturated heterocycles. The molecule has 2 aliphatic rings. The van der Waals surface area contributed by atoms with E-state index in [0.717, 1.165) is 6.42 Å². The Balaban J connectivity index is 1.83. The highest BCUT2D eigenvalue weighted by Crippen LogP contribution is 2.37. The van der Waals surface area contributed by atoms with Crippen molar-refractivity contribution in [1.29, 1.82) is 0 Å². The second-order valence-corrected chi connectivity index (χ2v) is 6.99. The highest BCUT2D eigenvalue weighted by atomic mass is 16.7. The van der Waals surface area contributed by atoms with Crippen LogP contribution in [0.5, 0.6) is 11.5 Å². The highest BCUT2D eigenvalue weighted by Gasteiger charge is 2.40. The van der Waals surface area contributed by atoms with Crippen molar-refractivity contribution < 1.29 is 38.2 Å². The van der Waals surface area contributed by atoms with Gasteiger partial charge >= 0.3 is 5.97 Å². The van der Waals surface area contributed by atoms with E-state index in [4.69, 9.17) is 23.7 Å². The fourth-order valence-electron chi connectivity index (χ4n) is 3.58. The molecule has 0 amide bonds. The first-order chi connectivity index (χ1) is 14.5. The summed E-state index contributed by atoms with van der Waals surface area (Å²) in [4.78, 5) is 36.6. The maximum atomic E-state index is 13.0. The van der Waals surface area contributed by atoms with Gasteiger partial charge < -0.3 is 23.7 Å². The zero-order chi connectivity index (χ0) is 21.5. The van der Waals surface area contributed by atoms with Crippen LogP contribution in [-0.4, -0.2) is 56.1 Å². The smallest absolute Gasteiger partial charge is 0.317 e. The van der Waals surface area contributed by atoms with Crippen molar-refractivity contribution >= 4 is 11.8 Å². The Morgan fingerprint density at radius 2 is 1.97 bits per heavy atom. The van der Waals surface area contributed by atoms with Crippen LogP contribution in [0, 0.1) is 16.0 Å². The molecule has 164 valence electrons. The second-order valence-electron chi connectivity index (χ2n) is 6.99. The predicted octanol–water partition coefficient (Wildman–Crippen LogP) is 2.07. The van der Waals surface area contributed by atoms with Gasteiger partial charge in [-0.05, 0) is 31.0 Å². The third-order valence-electron chi connectivity index (χ3n) is 4.98. The van der Waals surface area contributed by atoms with E-state index >= 15 is 0 Å². The maximum Gasteiger partial charge on any atom is 0.317 e. The van der Waals surface area contributed by atoms with E-state index < -0.39 is 41.3 Å². The number of esters is 1. The van der Waals surface area contributed by atoms with Crippen LogP contribution in [-0.2, 0) is 23.8 Å². The summed E-state index contributed by atoms with van der Waals surface area (Å²) in [5.41, 5.74) is 0.438. The minimum absolute atomic E-state index is 0.0209. The predicted molar refractivity (Wildman–Crippen MR) is 102 cm³/mol. The summed E-state index contributed by atoms with van der Waals surface area (Å²) in [6, 6.07) is 4.79. The minimum Gasteiger partial charge on any atom is -0.465 e. The Hall–Kier alpha value is -2.72. The third-order valence-corrected chi connectivity index (χ3v) is 4.98. The standard InChI is InChI=1S/C20H25NO9/c1-2-26-20(23)19(15(22)5-7-18-27-8-3-9-28-18)14(11-21(24)25)13-4-6-16-17(10-13)30-12-29-16/h4,6,10,14,18-19H,2-3,5,7-9,11-12H2,1H3. The first kappa shape index (κ1) is 22.0. The van der Waals surface area contributed by atoms with Crippen LogP contribution >= 0.6 is 0 Å². The van der Waals surface area contributed by atoms with Crippen molar-refractivity contribution in [3.63, 3.8) is 0 Å². The largest absolute Gasteiger partial charge is 0.465 e. The highest BCUT2D eigenvalue weighted by molar-refractivity contribution is 6.00. The van der Waals surface area contributed by atoms with Crippen molar-refractivity contribution in [2.45, 2.75) is 38.4 Å². The number of Topliss-reactive ketones (excluding diaryl/α,β-unsaturated/α-hetero) is 1. The van der Waals surface area contributed by atoms with Crippen molar-refractivity contribution in [1.82, 2.24) is 0 Å². The van der Waals surface area contributed by atoms with E-state index in [9.17, 15) is 19.7 Å². The molecule has 10 heteroatoms. The number of hydrogen-bond acceptors (Lipinski definition) is 9. The quantitative estimate of drug-likeness (QED) is 0.241. The Bertz CT molecular complexity index is 776. The molecule has 0 aromatic heterocycles. The van der Waals surface area contributed by atoms with Crippen molar-refractivity contribution in [3.05, 3.63) is 33.9 Å². The molecule has 30 heavy (non-hydrogen) atoms. The molecule has 2 heterocycles. The molecule has 0 bridgehead atoms. The summed E-state index contributed by atoms with van der Waals surface area (Å²) < 4.78 is 26.6. The monoisotopic (exact) mass is 423 g/mol. The van der Waals surface area contributed by atoms with E-state index in [-0.39, 0.29) is 26.2 Å². The summed E-state index contributed by atoms with van der Waals surface area (Å²) in [5.74, 6) is -2.63. The van der Waals surface area contributed by atoms with E-state index in [1.807, 2.05) is 0 Å². The average molecular weight is 423 g/mol. The molecule has 10 nitrogen and oxygen atoms in total. The topological polar surface area (TPSA) is 123 Å². The lowest BCUT2D eigenvalue weighted by Gasteiger charge is -2.25. The van der Waals surface area contributed by atoms with Crippen LogP contribution in [0.4, 0.5) is 0 Å². The first-order valence-corrected chi connectivity index (χ1v) is 9.93. The van der Waals surface area contributed by atoms with E-state index in [0.29, 0.717) is 30.3 Å². The Morgan fingerprint density at radius 3 is 2.67 bits per heavy atom. The summed E-state index contributed by atoms with van der Waals surface area (Å²) in [5, 5.41) is 11.4. The number of fused-ring (bicyclic) bond motifs is 1. The van der Waals surface area contributed by atoms with Gasteiger partial charge in [-0.1, -0.05) is 6.07 Å². The zero-order valence-corrected chi connectivity index (χ0v) is 16.7. The van der Waals surface area contributed by atoms with Crippen molar-refractivity contribution in [2.24, 2.45) is 5.92 Å². The van der Waals surface area contributed by atoms with Crippen LogP contribution in [0.2, 0.25) is 0 Å². The first-order valence-electron chi connectivity index (χ1n) is 9.93. The van der Waals surface area contributed by atoms with Crippen LogP contribution in [0.15, 0.2) is 18.2 Å². The molecule has 0 saturated carbocycles. The van der Waals surface area contributed by atoms with E-state index in [1.54, 1.807) is 25.1 Å². The van der Waals surface area contributed by atoms with Gasteiger partial charge in [-0.2, -0.15) is 0 Å². The summed E-state index contributed by atoms with van der Waals surface area (Å²) >= 11 is 0. The van der Waals surface area contributed by atoms with Gasteiger partial charge in [0.2, 0.25) is 13.3 Å². The van der Waals surface area contributed by atoms with Gasteiger partial charge in [0.25, 0.3) is 0 Å². The number of carbonyl (C=O) groups is 2. The molecule has 0 N–H and O–H groups in total. The molecule has 0 radical (unpaired) electrons. The Kier molecular flexibility index (Phi) is 7.58. The van der Waals surface area contributed by atoms with Gasteiger partial charge in [0.15, 0.2) is 17.8 Å². The molecular formula is C20H25NO9. The molecule has 0 aliphatic carbocycles. The molecule has 1 aromatic carbocycles. The van der Waals surface area contributed by atoms with Crippen LogP contribution in [0.3, 0.4) is 0 Å². The van der Waals surface area contributed by atoms with Gasteiger partial charge in [-0.3, -0.25) is 19.7 Å². The van der Waals surface area contributed by atoms with Crippen molar-refractivity contribution in [3.8, 4) is 11.5 Å². The Labute approximate surface area is 173 Å². The summed E-state index contributed by atoms with van der Waals surface area (Å²) in [7, 11) is 0. The number of ketones is 1. The summed E-state index contributed by atoms with van der Waals surface area (Å²) in [6.45, 7) is 2.20. The Morgan fingerprint density at radius 1 is 1.23 bits per heavy atom. The van der Waals surface area contributed by atoms with Gasteiger partial charge in [0, 0.05) is 17.8 Å². The lowest BCUT2D eigenvalue weighted by atomic mass is 9.81. The van der Waals surface area contributed by atoms with E-state index in [2.05, 4.69) is 0 Å². The fraction of sp³-hybridized carbons (Fsp3) is 0.600. The molecule has 1 aromatic rings. The molecule has 3 rings (SSSR count). The van der Waals surface area contributed by atoms with Crippen LogP contribution in [0.25, 0.3) is 0 Å². The number of nitro groups is 1. The number of benzene rings is 1. The average Bonchev–Trinajstić information content (AvgIpc) is 3.20. The number of rotatable bonds is 10. The third kappa shape index (κ3) is 5.45. The number of hydrogen-bond donors (Lipinski definition) is 0. The summed E-state index contributed by atoms with van der Waals surface area (Å²) in [6.07, 6.45) is 0.504. The van der Waals surface area contributed by atoms with Gasteiger partial charge in [0.1, 0.15) is 11.7 Å². The molecule has 2 aliphatic heterocycles. The minimum atomic E-state index is -1.32. The molecular weight excluding hydrogens is 398 g/mol. The number of carbonyl (C=O) groups excluding carboxylic acids is 2. The fourth-order valence-corrected chi connectivity index (χ4v) is 3.58. The molecule has 1 fully saturated rings. The van der Waals surface area contributed by atoms with Gasteiger partial charge in [-0.15, -0.1) is 0 Å². The lowest BCUT2D eigenvalue weighted by Crippen LogP contribution is -2.36. The van der Waals surface area contributed by atoms with Crippen LogP contribution < -0.4 is 9.47 Å². The SMILES string of the molecule is CCOC(=O)C(C(=O)CCC1OCCCO1)C(C[N+](=O)[O-])c1ccc2c(c1)OCO2. The van der Waals surface area contributed by atoms with E-state index in [1.165, 1.54) is 0 Å². The number of ether oxygens (including phenoxy) is 5. The number of nitrogens with zero attached hydrogens (tertiary/aromatic N) is 1. The van der Waals surface area contributed by atoms with Crippen LogP contribution in [0.1, 0.15) is 37.7 Å². The van der Waals surface area contributed by atoms with Gasteiger partial charge in [-0.25, -0.2) is 0 Å². The second kappa shape index (κ2) is 10.4. The normalized spacial score (nSPS) is 17.9. The lowest BCUT2D eigenvalue weighted by molar-refractivity contribution is -0.484. The zero-order valence-electron chi connectivity index (χ0n) is 16.7.